The van der Waals surface area contributed by atoms with E-state index in [1.54, 1.807) is 4.68 Å². The fourth-order valence-corrected chi connectivity index (χ4v) is 2.42. The van der Waals surface area contributed by atoms with Gasteiger partial charge < -0.3 is 10.8 Å². The zero-order valence-corrected chi connectivity index (χ0v) is 9.62. The number of aryl methyl sites for hydroxylation is 2. The highest BCUT2D eigenvalue weighted by atomic mass is 16.3. The van der Waals surface area contributed by atoms with Gasteiger partial charge in [-0.3, -0.25) is 4.68 Å². The molecule has 1 aromatic heterocycles. The monoisotopic (exact) mass is 209 g/mol. The Kier molecular flexibility index (Phi) is 2.17. The predicted octanol–water partition coefficient (Wildman–Crippen LogP) is 0.539. The molecule has 0 aromatic carbocycles. The Balaban J connectivity index is 2.58. The summed E-state index contributed by atoms with van der Waals surface area (Å²) >= 11 is 0. The lowest BCUT2D eigenvalue weighted by Gasteiger charge is -2.44. The van der Waals surface area contributed by atoms with Crippen molar-refractivity contribution in [1.82, 2.24) is 9.78 Å². The topological polar surface area (TPSA) is 64.1 Å². The van der Waals surface area contributed by atoms with Gasteiger partial charge in [-0.25, -0.2) is 0 Å². The van der Waals surface area contributed by atoms with Crippen LogP contribution in [-0.2, 0) is 19.1 Å². The standard InChI is InChI=1S/C11H19N3O/c1-10(2)5-4-8-6-14(3)13-9(8)11(10,15)7-12/h6,15H,4-5,7,12H2,1-3H3. The molecule has 0 fully saturated rings. The number of rotatable bonds is 1. The Morgan fingerprint density at radius 3 is 2.87 bits per heavy atom. The van der Waals surface area contributed by atoms with E-state index in [4.69, 9.17) is 5.73 Å². The van der Waals surface area contributed by atoms with Crippen LogP contribution in [0.5, 0.6) is 0 Å². The van der Waals surface area contributed by atoms with Crippen LogP contribution >= 0.6 is 0 Å². The van der Waals surface area contributed by atoms with Crippen molar-refractivity contribution in [2.75, 3.05) is 6.54 Å². The fraction of sp³-hybridized carbons (Fsp3) is 0.727. The molecule has 0 saturated heterocycles. The molecular formula is C11H19N3O. The third kappa shape index (κ3) is 1.32. The molecule has 1 aliphatic rings. The Morgan fingerprint density at radius 2 is 2.27 bits per heavy atom. The summed E-state index contributed by atoms with van der Waals surface area (Å²) < 4.78 is 1.76. The molecule has 1 aliphatic carbocycles. The van der Waals surface area contributed by atoms with E-state index in [0.29, 0.717) is 0 Å². The predicted molar refractivity (Wildman–Crippen MR) is 58.3 cm³/mol. The molecule has 0 amide bonds. The van der Waals surface area contributed by atoms with Gasteiger partial charge in [-0.15, -0.1) is 0 Å². The van der Waals surface area contributed by atoms with Gasteiger partial charge in [-0.1, -0.05) is 13.8 Å². The lowest BCUT2D eigenvalue weighted by molar-refractivity contribution is -0.0810. The molecule has 3 N–H and O–H groups in total. The normalized spacial score (nSPS) is 28.9. The van der Waals surface area contributed by atoms with Gasteiger partial charge in [-0.05, 0) is 18.4 Å². The molecule has 2 rings (SSSR count). The molecule has 0 radical (unpaired) electrons. The van der Waals surface area contributed by atoms with E-state index in [1.807, 2.05) is 13.2 Å². The van der Waals surface area contributed by atoms with E-state index >= 15 is 0 Å². The van der Waals surface area contributed by atoms with Crippen molar-refractivity contribution in [2.45, 2.75) is 32.3 Å². The average Bonchev–Trinajstić information content (AvgIpc) is 2.54. The van der Waals surface area contributed by atoms with Gasteiger partial charge in [0, 0.05) is 25.2 Å². The molecule has 0 aliphatic heterocycles. The van der Waals surface area contributed by atoms with Crippen molar-refractivity contribution in [2.24, 2.45) is 18.2 Å². The van der Waals surface area contributed by atoms with E-state index < -0.39 is 5.60 Å². The molecule has 1 aromatic rings. The van der Waals surface area contributed by atoms with E-state index in [1.165, 1.54) is 0 Å². The Hall–Kier alpha value is -0.870. The maximum absolute atomic E-state index is 10.7. The van der Waals surface area contributed by atoms with E-state index in [2.05, 4.69) is 18.9 Å². The third-order valence-electron chi connectivity index (χ3n) is 3.73. The highest BCUT2D eigenvalue weighted by Crippen LogP contribution is 2.46. The first kappa shape index (κ1) is 10.6. The minimum absolute atomic E-state index is 0.205. The zero-order valence-electron chi connectivity index (χ0n) is 9.62. The maximum atomic E-state index is 10.7. The molecule has 0 spiro atoms. The summed E-state index contributed by atoms with van der Waals surface area (Å²) in [5, 5.41) is 15.0. The van der Waals surface area contributed by atoms with Crippen molar-refractivity contribution in [3.05, 3.63) is 17.5 Å². The highest BCUT2D eigenvalue weighted by molar-refractivity contribution is 5.30. The SMILES string of the molecule is Cn1cc2c(n1)C(O)(CN)C(C)(C)CC2. The second kappa shape index (κ2) is 3.06. The van der Waals surface area contributed by atoms with Crippen LogP contribution < -0.4 is 5.73 Å². The van der Waals surface area contributed by atoms with Crippen LogP contribution in [0.25, 0.3) is 0 Å². The van der Waals surface area contributed by atoms with Crippen molar-refractivity contribution < 1.29 is 5.11 Å². The second-order valence-electron chi connectivity index (χ2n) is 5.12. The highest BCUT2D eigenvalue weighted by Gasteiger charge is 2.49. The summed E-state index contributed by atoms with van der Waals surface area (Å²) in [5.74, 6) is 0. The van der Waals surface area contributed by atoms with Crippen molar-refractivity contribution >= 4 is 0 Å². The first-order chi connectivity index (χ1) is 6.90. The van der Waals surface area contributed by atoms with Crippen LogP contribution in [0, 0.1) is 5.41 Å². The van der Waals surface area contributed by atoms with Gasteiger partial charge in [0.15, 0.2) is 0 Å². The first-order valence-corrected chi connectivity index (χ1v) is 5.36. The van der Waals surface area contributed by atoms with Gasteiger partial charge in [0.1, 0.15) is 5.60 Å². The smallest absolute Gasteiger partial charge is 0.126 e. The van der Waals surface area contributed by atoms with Gasteiger partial charge in [-0.2, -0.15) is 5.10 Å². The molecule has 1 atom stereocenters. The second-order valence-corrected chi connectivity index (χ2v) is 5.12. The number of aromatic nitrogens is 2. The Labute approximate surface area is 90.1 Å². The number of hydrogen-bond acceptors (Lipinski definition) is 3. The number of hydrogen-bond donors (Lipinski definition) is 2. The maximum Gasteiger partial charge on any atom is 0.126 e. The van der Waals surface area contributed by atoms with Crippen LogP contribution in [-0.4, -0.2) is 21.4 Å². The van der Waals surface area contributed by atoms with Crippen molar-refractivity contribution in [1.29, 1.82) is 0 Å². The fourth-order valence-electron chi connectivity index (χ4n) is 2.42. The van der Waals surface area contributed by atoms with Gasteiger partial charge >= 0.3 is 0 Å². The quantitative estimate of drug-likeness (QED) is 0.709. The first-order valence-electron chi connectivity index (χ1n) is 5.36. The molecule has 0 bridgehead atoms. The molecule has 4 heteroatoms. The zero-order chi connectivity index (χ0) is 11.3. The Morgan fingerprint density at radius 1 is 1.60 bits per heavy atom. The van der Waals surface area contributed by atoms with Crippen LogP contribution in [0.3, 0.4) is 0 Å². The summed E-state index contributed by atoms with van der Waals surface area (Å²) in [4.78, 5) is 0. The lowest BCUT2D eigenvalue weighted by Crippen LogP contribution is -2.51. The minimum Gasteiger partial charge on any atom is -0.382 e. The number of nitrogens with two attached hydrogens (primary N) is 1. The molecule has 15 heavy (non-hydrogen) atoms. The number of aliphatic hydroxyl groups is 1. The molecule has 1 heterocycles. The summed E-state index contributed by atoms with van der Waals surface area (Å²) in [7, 11) is 1.88. The molecule has 0 saturated carbocycles. The summed E-state index contributed by atoms with van der Waals surface area (Å²) in [6.45, 7) is 4.33. The van der Waals surface area contributed by atoms with Crippen molar-refractivity contribution in [3.8, 4) is 0 Å². The summed E-state index contributed by atoms with van der Waals surface area (Å²) in [6, 6.07) is 0. The average molecular weight is 209 g/mol. The van der Waals surface area contributed by atoms with Crippen LogP contribution in [0.1, 0.15) is 31.5 Å². The molecule has 84 valence electrons. The van der Waals surface area contributed by atoms with Crippen LogP contribution in [0.15, 0.2) is 6.20 Å². The minimum atomic E-state index is -0.984. The van der Waals surface area contributed by atoms with Crippen LogP contribution in [0.4, 0.5) is 0 Å². The largest absolute Gasteiger partial charge is 0.382 e. The number of nitrogens with zero attached hydrogens (tertiary/aromatic N) is 2. The Bertz CT molecular complexity index is 383. The van der Waals surface area contributed by atoms with Crippen molar-refractivity contribution in [3.63, 3.8) is 0 Å². The number of fused-ring (bicyclic) bond motifs is 1. The van der Waals surface area contributed by atoms with Crippen LogP contribution in [0.2, 0.25) is 0 Å². The van der Waals surface area contributed by atoms with E-state index in [0.717, 1.165) is 24.1 Å². The van der Waals surface area contributed by atoms with Gasteiger partial charge in [0.05, 0.1) is 5.69 Å². The molecular weight excluding hydrogens is 190 g/mol. The summed E-state index contributed by atoms with van der Waals surface area (Å²) in [5.41, 5.74) is 6.45. The van der Waals surface area contributed by atoms with E-state index in [9.17, 15) is 5.11 Å². The van der Waals surface area contributed by atoms with Gasteiger partial charge in [0.25, 0.3) is 0 Å². The summed E-state index contributed by atoms with van der Waals surface area (Å²) in [6.07, 6.45) is 3.89. The third-order valence-corrected chi connectivity index (χ3v) is 3.73. The lowest BCUT2D eigenvalue weighted by atomic mass is 9.65. The van der Waals surface area contributed by atoms with Gasteiger partial charge in [0.2, 0.25) is 0 Å². The molecule has 1 unspecified atom stereocenters. The van der Waals surface area contributed by atoms with E-state index in [-0.39, 0.29) is 12.0 Å². The molecule has 4 nitrogen and oxygen atoms in total.